The number of ether oxygens (including phenoxy) is 1. The van der Waals surface area contributed by atoms with Crippen molar-refractivity contribution in [2.75, 3.05) is 6.61 Å². The number of thiophene rings is 2. The SMILES string of the molecule is CCCCC(CC)COc1c2ccsc2c(C)c2ccsc12. The van der Waals surface area contributed by atoms with Crippen molar-refractivity contribution < 1.29 is 4.74 Å². The van der Waals surface area contributed by atoms with Gasteiger partial charge in [-0.3, -0.25) is 0 Å². The predicted octanol–water partition coefficient (Wildman–Crippen LogP) is 7.02. The maximum atomic E-state index is 6.37. The largest absolute Gasteiger partial charge is 0.491 e. The number of benzene rings is 1. The van der Waals surface area contributed by atoms with Crippen molar-refractivity contribution in [1.29, 1.82) is 0 Å². The summed E-state index contributed by atoms with van der Waals surface area (Å²) >= 11 is 3.63. The van der Waals surface area contributed by atoms with Crippen molar-refractivity contribution in [1.82, 2.24) is 0 Å². The molecule has 0 saturated carbocycles. The molecule has 22 heavy (non-hydrogen) atoms. The first-order valence-electron chi connectivity index (χ1n) is 8.26. The van der Waals surface area contributed by atoms with Gasteiger partial charge in [0.25, 0.3) is 0 Å². The molecule has 0 fully saturated rings. The Labute approximate surface area is 140 Å². The van der Waals surface area contributed by atoms with Crippen LogP contribution in [0.5, 0.6) is 5.75 Å². The van der Waals surface area contributed by atoms with Gasteiger partial charge in [0.05, 0.1) is 11.3 Å². The zero-order valence-corrected chi connectivity index (χ0v) is 15.3. The van der Waals surface area contributed by atoms with Crippen molar-refractivity contribution in [3.05, 3.63) is 28.5 Å². The molecule has 3 heteroatoms. The van der Waals surface area contributed by atoms with Gasteiger partial charge in [0.15, 0.2) is 0 Å². The zero-order chi connectivity index (χ0) is 15.5. The van der Waals surface area contributed by atoms with E-state index in [1.54, 1.807) is 11.3 Å². The smallest absolute Gasteiger partial charge is 0.145 e. The third-order valence-corrected chi connectivity index (χ3v) is 6.48. The minimum absolute atomic E-state index is 0.671. The molecular weight excluding hydrogens is 308 g/mol. The van der Waals surface area contributed by atoms with Gasteiger partial charge in [0.1, 0.15) is 5.75 Å². The molecule has 1 unspecified atom stereocenters. The first-order valence-corrected chi connectivity index (χ1v) is 10.0. The highest BCUT2D eigenvalue weighted by molar-refractivity contribution is 7.19. The van der Waals surface area contributed by atoms with Gasteiger partial charge in [-0.25, -0.2) is 0 Å². The van der Waals surface area contributed by atoms with Gasteiger partial charge in [-0.05, 0) is 47.7 Å². The van der Waals surface area contributed by atoms with Gasteiger partial charge < -0.3 is 4.74 Å². The Kier molecular flexibility index (Phi) is 5.04. The Morgan fingerprint density at radius 3 is 2.50 bits per heavy atom. The number of hydrogen-bond acceptors (Lipinski definition) is 3. The summed E-state index contributed by atoms with van der Waals surface area (Å²) in [5.74, 6) is 1.78. The fraction of sp³-hybridized carbons (Fsp3) is 0.474. The normalized spacial score (nSPS) is 13.0. The lowest BCUT2D eigenvalue weighted by Crippen LogP contribution is -2.11. The molecule has 2 heterocycles. The topological polar surface area (TPSA) is 9.23 Å². The number of aryl methyl sites for hydroxylation is 1. The lowest BCUT2D eigenvalue weighted by atomic mass is 10.0. The fourth-order valence-corrected chi connectivity index (χ4v) is 4.92. The van der Waals surface area contributed by atoms with Gasteiger partial charge in [-0.2, -0.15) is 0 Å². The molecule has 0 saturated heterocycles. The molecule has 0 bridgehead atoms. The van der Waals surface area contributed by atoms with Gasteiger partial charge in [0, 0.05) is 15.5 Å². The van der Waals surface area contributed by atoms with E-state index in [1.807, 2.05) is 11.3 Å². The molecule has 0 spiro atoms. The summed E-state index contributed by atoms with van der Waals surface area (Å²) in [6, 6.07) is 4.45. The summed E-state index contributed by atoms with van der Waals surface area (Å²) in [6.45, 7) is 7.61. The van der Waals surface area contributed by atoms with E-state index in [9.17, 15) is 0 Å². The Balaban J connectivity index is 1.93. The second kappa shape index (κ2) is 7.01. The van der Waals surface area contributed by atoms with Crippen molar-refractivity contribution >= 4 is 42.8 Å². The molecule has 0 N–H and O–H groups in total. The van der Waals surface area contributed by atoms with E-state index in [-0.39, 0.29) is 0 Å². The van der Waals surface area contributed by atoms with Gasteiger partial charge >= 0.3 is 0 Å². The van der Waals surface area contributed by atoms with Crippen molar-refractivity contribution in [2.45, 2.75) is 46.5 Å². The van der Waals surface area contributed by atoms with E-state index in [1.165, 1.54) is 51.4 Å². The summed E-state index contributed by atoms with van der Waals surface area (Å²) in [4.78, 5) is 0. The maximum Gasteiger partial charge on any atom is 0.145 e. The van der Waals surface area contributed by atoms with Crippen LogP contribution in [0.4, 0.5) is 0 Å². The summed E-state index contributed by atoms with van der Waals surface area (Å²) in [5.41, 5.74) is 1.40. The highest BCUT2D eigenvalue weighted by atomic mass is 32.1. The third-order valence-electron chi connectivity index (χ3n) is 4.53. The van der Waals surface area contributed by atoms with Crippen molar-refractivity contribution in [2.24, 2.45) is 5.92 Å². The average molecular weight is 333 g/mol. The Morgan fingerprint density at radius 2 is 1.77 bits per heavy atom. The quantitative estimate of drug-likeness (QED) is 0.451. The van der Waals surface area contributed by atoms with E-state index in [0.717, 1.165) is 12.4 Å². The first kappa shape index (κ1) is 15.8. The molecule has 3 rings (SSSR count). The zero-order valence-electron chi connectivity index (χ0n) is 13.6. The summed E-state index contributed by atoms with van der Waals surface area (Å²) < 4.78 is 9.06. The second-order valence-corrected chi connectivity index (χ2v) is 7.84. The second-order valence-electron chi connectivity index (χ2n) is 6.01. The molecule has 0 amide bonds. The Hall–Kier alpha value is -1.06. The molecule has 118 valence electrons. The predicted molar refractivity (Wildman–Crippen MR) is 101 cm³/mol. The Bertz CT molecular complexity index is 702. The van der Waals surface area contributed by atoms with Crippen LogP contribution in [0.3, 0.4) is 0 Å². The van der Waals surface area contributed by atoms with Crippen LogP contribution < -0.4 is 4.74 Å². The van der Waals surface area contributed by atoms with E-state index in [2.05, 4.69) is 43.7 Å². The monoisotopic (exact) mass is 332 g/mol. The van der Waals surface area contributed by atoms with E-state index >= 15 is 0 Å². The maximum absolute atomic E-state index is 6.37. The molecule has 0 aliphatic heterocycles. The van der Waals surface area contributed by atoms with Crippen LogP contribution in [0.2, 0.25) is 0 Å². The van der Waals surface area contributed by atoms with E-state index < -0.39 is 0 Å². The molecule has 0 aliphatic carbocycles. The van der Waals surface area contributed by atoms with Crippen LogP contribution in [0, 0.1) is 12.8 Å². The van der Waals surface area contributed by atoms with Crippen LogP contribution in [-0.2, 0) is 0 Å². The molecule has 3 aromatic rings. The molecular formula is C19H24OS2. The van der Waals surface area contributed by atoms with Gasteiger partial charge in [-0.15, -0.1) is 22.7 Å². The summed E-state index contributed by atoms with van der Waals surface area (Å²) in [5, 5.41) is 7.02. The highest BCUT2D eigenvalue weighted by Crippen LogP contribution is 2.43. The number of fused-ring (bicyclic) bond motifs is 2. The molecule has 0 aliphatic rings. The Morgan fingerprint density at radius 1 is 1.05 bits per heavy atom. The van der Waals surface area contributed by atoms with Crippen LogP contribution in [0.1, 0.15) is 45.1 Å². The van der Waals surface area contributed by atoms with Crippen LogP contribution in [-0.4, -0.2) is 6.61 Å². The van der Waals surface area contributed by atoms with E-state index in [4.69, 9.17) is 4.74 Å². The van der Waals surface area contributed by atoms with Gasteiger partial charge in [-0.1, -0.05) is 33.1 Å². The standard InChI is InChI=1S/C19H24OS2/c1-4-6-7-14(5-2)12-20-17-16-9-11-21-18(16)13(3)15-8-10-22-19(15)17/h8-11,14H,4-7,12H2,1-3H3. The van der Waals surface area contributed by atoms with Crippen LogP contribution in [0.15, 0.2) is 22.9 Å². The van der Waals surface area contributed by atoms with Crippen LogP contribution in [0.25, 0.3) is 20.2 Å². The van der Waals surface area contributed by atoms with Crippen LogP contribution >= 0.6 is 22.7 Å². The number of rotatable bonds is 7. The minimum atomic E-state index is 0.671. The van der Waals surface area contributed by atoms with Gasteiger partial charge in [0.2, 0.25) is 0 Å². The lowest BCUT2D eigenvalue weighted by molar-refractivity contribution is 0.238. The molecule has 1 nitrogen and oxygen atoms in total. The molecule has 0 radical (unpaired) electrons. The number of hydrogen-bond donors (Lipinski definition) is 0. The number of unbranched alkanes of at least 4 members (excludes halogenated alkanes) is 1. The molecule has 1 atom stereocenters. The minimum Gasteiger partial charge on any atom is -0.491 e. The fourth-order valence-electron chi connectivity index (χ4n) is 3.05. The first-order chi connectivity index (χ1) is 10.8. The highest BCUT2D eigenvalue weighted by Gasteiger charge is 2.16. The lowest BCUT2D eigenvalue weighted by Gasteiger charge is -2.17. The third kappa shape index (κ3) is 2.89. The van der Waals surface area contributed by atoms with Crippen molar-refractivity contribution in [3.8, 4) is 5.75 Å². The van der Waals surface area contributed by atoms with Crippen molar-refractivity contribution in [3.63, 3.8) is 0 Å². The summed E-state index contributed by atoms with van der Waals surface area (Å²) in [6.07, 6.45) is 5.05. The van der Waals surface area contributed by atoms with E-state index in [0.29, 0.717) is 5.92 Å². The molecule has 1 aromatic carbocycles. The average Bonchev–Trinajstić information content (AvgIpc) is 3.19. The summed E-state index contributed by atoms with van der Waals surface area (Å²) in [7, 11) is 0. The molecule has 2 aromatic heterocycles.